The molecule has 132 valence electrons. The number of carbonyl (C=O) groups excluding carboxylic acids is 2. The second-order valence-corrected chi connectivity index (χ2v) is 5.03. The van der Waals surface area contributed by atoms with Gasteiger partial charge in [-0.15, -0.1) is 0 Å². The Bertz CT molecular complexity index is 737. The number of rotatable bonds is 7. The Hall–Kier alpha value is -3.09. The molecule has 2 aromatic carbocycles. The molecule has 0 heterocycles. The summed E-state index contributed by atoms with van der Waals surface area (Å²) in [4.78, 5) is 23.5. The number of para-hydroxylation sites is 2. The van der Waals surface area contributed by atoms with Gasteiger partial charge in [0, 0.05) is 0 Å². The molecule has 6 nitrogen and oxygen atoms in total. The molecule has 0 saturated carbocycles. The number of amides is 2. The summed E-state index contributed by atoms with van der Waals surface area (Å²) in [5.41, 5.74) is 4.68. The fraction of sp³-hybridized carbons (Fsp3) is 0.222. The summed E-state index contributed by atoms with van der Waals surface area (Å²) >= 11 is 0. The van der Waals surface area contributed by atoms with Crippen LogP contribution in [0.2, 0.25) is 0 Å². The van der Waals surface area contributed by atoms with Crippen LogP contribution in [-0.4, -0.2) is 25.0 Å². The summed E-state index contributed by atoms with van der Waals surface area (Å²) in [7, 11) is 0. The van der Waals surface area contributed by atoms with E-state index in [-0.39, 0.29) is 18.6 Å². The third kappa shape index (κ3) is 5.80. The van der Waals surface area contributed by atoms with E-state index < -0.39 is 17.6 Å². The van der Waals surface area contributed by atoms with Crippen molar-refractivity contribution in [2.75, 3.05) is 13.2 Å². The quantitative estimate of drug-likeness (QED) is 0.752. The number of carbonyl (C=O) groups is 2. The average molecular weight is 346 g/mol. The van der Waals surface area contributed by atoms with Gasteiger partial charge in [0.15, 0.2) is 18.1 Å². The largest absolute Gasteiger partial charge is 0.490 e. The SMILES string of the molecule is CCOc1ccccc1OCC(=O)NNC(=O)Cc1ccccc1F. The first-order chi connectivity index (χ1) is 12.1. The Kier molecular flexibility index (Phi) is 6.76. The van der Waals surface area contributed by atoms with Crippen molar-refractivity contribution < 1.29 is 23.5 Å². The maximum Gasteiger partial charge on any atom is 0.276 e. The van der Waals surface area contributed by atoms with Crippen molar-refractivity contribution >= 4 is 11.8 Å². The Morgan fingerprint density at radius 1 is 0.920 bits per heavy atom. The van der Waals surface area contributed by atoms with Crippen LogP contribution in [0.25, 0.3) is 0 Å². The summed E-state index contributed by atoms with van der Waals surface area (Å²) in [6.07, 6.45) is -0.180. The number of benzene rings is 2. The van der Waals surface area contributed by atoms with E-state index in [1.54, 1.807) is 30.3 Å². The van der Waals surface area contributed by atoms with Crippen LogP contribution in [0.3, 0.4) is 0 Å². The highest BCUT2D eigenvalue weighted by atomic mass is 19.1. The van der Waals surface area contributed by atoms with E-state index in [9.17, 15) is 14.0 Å². The zero-order valence-electron chi connectivity index (χ0n) is 13.8. The van der Waals surface area contributed by atoms with Gasteiger partial charge in [0.1, 0.15) is 5.82 Å². The van der Waals surface area contributed by atoms with E-state index in [0.29, 0.717) is 18.1 Å². The standard InChI is InChI=1S/C18H19FN2O4/c1-2-24-15-9-5-6-10-16(15)25-12-18(23)21-20-17(22)11-13-7-3-4-8-14(13)19/h3-10H,2,11-12H2,1H3,(H,20,22)(H,21,23). The van der Waals surface area contributed by atoms with E-state index in [1.165, 1.54) is 18.2 Å². The van der Waals surface area contributed by atoms with Crippen LogP contribution in [0.5, 0.6) is 11.5 Å². The van der Waals surface area contributed by atoms with Crippen molar-refractivity contribution in [1.82, 2.24) is 10.9 Å². The lowest BCUT2D eigenvalue weighted by Crippen LogP contribution is -2.44. The van der Waals surface area contributed by atoms with E-state index in [2.05, 4.69) is 10.9 Å². The topological polar surface area (TPSA) is 76.7 Å². The van der Waals surface area contributed by atoms with E-state index >= 15 is 0 Å². The number of halogens is 1. The van der Waals surface area contributed by atoms with Crippen LogP contribution in [0.4, 0.5) is 4.39 Å². The molecule has 0 aliphatic heterocycles. The van der Waals surface area contributed by atoms with E-state index in [1.807, 2.05) is 6.92 Å². The summed E-state index contributed by atoms with van der Waals surface area (Å²) in [5, 5.41) is 0. The van der Waals surface area contributed by atoms with Crippen LogP contribution >= 0.6 is 0 Å². The second-order valence-electron chi connectivity index (χ2n) is 5.03. The van der Waals surface area contributed by atoms with Gasteiger partial charge in [-0.05, 0) is 30.7 Å². The minimum Gasteiger partial charge on any atom is -0.490 e. The number of hydrazine groups is 1. The van der Waals surface area contributed by atoms with Crippen molar-refractivity contribution in [3.8, 4) is 11.5 Å². The van der Waals surface area contributed by atoms with Gasteiger partial charge >= 0.3 is 0 Å². The lowest BCUT2D eigenvalue weighted by atomic mass is 10.1. The lowest BCUT2D eigenvalue weighted by Gasteiger charge is -2.12. The van der Waals surface area contributed by atoms with Gasteiger partial charge in [-0.3, -0.25) is 20.4 Å². The highest BCUT2D eigenvalue weighted by Gasteiger charge is 2.10. The monoisotopic (exact) mass is 346 g/mol. The molecule has 0 fully saturated rings. The second kappa shape index (κ2) is 9.27. The molecular weight excluding hydrogens is 327 g/mol. The van der Waals surface area contributed by atoms with Crippen molar-refractivity contribution in [2.24, 2.45) is 0 Å². The predicted molar refractivity (Wildman–Crippen MR) is 89.5 cm³/mol. The molecule has 0 spiro atoms. The molecule has 0 bridgehead atoms. The Morgan fingerprint density at radius 2 is 1.52 bits per heavy atom. The minimum absolute atomic E-state index is 0.180. The third-order valence-electron chi connectivity index (χ3n) is 3.16. The molecule has 0 atom stereocenters. The molecule has 2 aromatic rings. The minimum atomic E-state index is -0.548. The third-order valence-corrected chi connectivity index (χ3v) is 3.16. The normalized spacial score (nSPS) is 10.0. The molecule has 0 radical (unpaired) electrons. The molecule has 2 rings (SSSR count). The van der Waals surface area contributed by atoms with Crippen LogP contribution in [0, 0.1) is 5.82 Å². The fourth-order valence-electron chi connectivity index (χ4n) is 2.02. The Morgan fingerprint density at radius 3 is 2.20 bits per heavy atom. The molecule has 2 amide bonds. The lowest BCUT2D eigenvalue weighted by molar-refractivity contribution is -0.129. The molecule has 0 aliphatic rings. The summed E-state index contributed by atoms with van der Waals surface area (Å²) < 4.78 is 24.2. The van der Waals surface area contributed by atoms with Crippen LogP contribution < -0.4 is 20.3 Å². The summed E-state index contributed by atoms with van der Waals surface area (Å²) in [6.45, 7) is 2.01. The van der Waals surface area contributed by atoms with Gasteiger partial charge in [-0.1, -0.05) is 30.3 Å². The van der Waals surface area contributed by atoms with Crippen molar-refractivity contribution in [3.63, 3.8) is 0 Å². The van der Waals surface area contributed by atoms with Gasteiger partial charge in [0.05, 0.1) is 13.0 Å². The zero-order valence-corrected chi connectivity index (χ0v) is 13.8. The van der Waals surface area contributed by atoms with E-state index in [4.69, 9.17) is 9.47 Å². The van der Waals surface area contributed by atoms with Gasteiger partial charge in [0.25, 0.3) is 5.91 Å². The molecule has 2 N–H and O–H groups in total. The van der Waals surface area contributed by atoms with Crippen LogP contribution in [0.15, 0.2) is 48.5 Å². The fourth-order valence-corrected chi connectivity index (χ4v) is 2.02. The van der Waals surface area contributed by atoms with Gasteiger partial charge in [-0.2, -0.15) is 0 Å². The Balaban J connectivity index is 1.77. The van der Waals surface area contributed by atoms with E-state index in [0.717, 1.165) is 0 Å². The molecule has 0 unspecified atom stereocenters. The number of ether oxygens (including phenoxy) is 2. The average Bonchev–Trinajstić information content (AvgIpc) is 2.61. The van der Waals surface area contributed by atoms with Crippen LogP contribution in [0.1, 0.15) is 12.5 Å². The molecule has 0 aromatic heterocycles. The van der Waals surface area contributed by atoms with Crippen molar-refractivity contribution in [3.05, 3.63) is 59.9 Å². The maximum absolute atomic E-state index is 13.5. The smallest absolute Gasteiger partial charge is 0.276 e. The number of nitrogens with one attached hydrogen (secondary N) is 2. The zero-order chi connectivity index (χ0) is 18.1. The van der Waals surface area contributed by atoms with Crippen molar-refractivity contribution in [1.29, 1.82) is 0 Å². The van der Waals surface area contributed by atoms with Crippen molar-refractivity contribution in [2.45, 2.75) is 13.3 Å². The summed E-state index contributed by atoms with van der Waals surface area (Å²) in [5.74, 6) is -0.597. The first kappa shape index (κ1) is 18.3. The van der Waals surface area contributed by atoms with Gasteiger partial charge in [0.2, 0.25) is 5.91 Å². The predicted octanol–water partition coefficient (Wildman–Crippen LogP) is 1.99. The number of hydrogen-bond acceptors (Lipinski definition) is 4. The molecule has 0 saturated heterocycles. The van der Waals surface area contributed by atoms with Crippen LogP contribution in [-0.2, 0) is 16.0 Å². The highest BCUT2D eigenvalue weighted by Crippen LogP contribution is 2.26. The molecule has 25 heavy (non-hydrogen) atoms. The highest BCUT2D eigenvalue weighted by molar-refractivity contribution is 5.83. The molecule has 0 aliphatic carbocycles. The number of hydrogen-bond donors (Lipinski definition) is 2. The summed E-state index contributed by atoms with van der Waals surface area (Å²) in [6, 6.07) is 12.9. The first-order valence-corrected chi connectivity index (χ1v) is 7.76. The molecular formula is C18H19FN2O4. The van der Waals surface area contributed by atoms with Gasteiger partial charge in [-0.25, -0.2) is 4.39 Å². The first-order valence-electron chi connectivity index (χ1n) is 7.76. The maximum atomic E-state index is 13.5. The van der Waals surface area contributed by atoms with Gasteiger partial charge < -0.3 is 9.47 Å². The molecule has 7 heteroatoms. The Labute approximate surface area is 144 Å².